The molecular formula is C14H18N2O3. The molecule has 0 saturated heterocycles. The number of hydrogen-bond acceptors (Lipinski definition) is 3. The van der Waals surface area contributed by atoms with E-state index in [2.05, 4.69) is 24.1 Å². The zero-order valence-electron chi connectivity index (χ0n) is 11.1. The first kappa shape index (κ1) is 14.9. The van der Waals surface area contributed by atoms with E-state index in [-0.39, 0.29) is 5.91 Å². The van der Waals surface area contributed by atoms with Gasteiger partial charge in [0.05, 0.1) is 5.69 Å². The number of rotatable bonds is 6. The van der Waals surface area contributed by atoms with Gasteiger partial charge in [-0.3, -0.25) is 4.79 Å². The number of nitrogens with one attached hydrogen (secondary N) is 1. The van der Waals surface area contributed by atoms with Crippen LogP contribution < -0.4 is 5.32 Å². The number of pyridine rings is 1. The molecule has 102 valence electrons. The molecule has 0 aliphatic heterocycles. The number of nitrogens with zero attached hydrogens (tertiary/aromatic N) is 1. The van der Waals surface area contributed by atoms with Crippen LogP contribution in [0.1, 0.15) is 32.4 Å². The van der Waals surface area contributed by atoms with Crippen LogP contribution in [0, 0.1) is 5.92 Å². The van der Waals surface area contributed by atoms with Crippen LogP contribution in [0.25, 0.3) is 6.08 Å². The minimum absolute atomic E-state index is 0.0828. The van der Waals surface area contributed by atoms with Gasteiger partial charge in [-0.05, 0) is 30.5 Å². The molecule has 1 rings (SSSR count). The van der Waals surface area contributed by atoms with Gasteiger partial charge in [-0.15, -0.1) is 0 Å². The molecule has 0 aliphatic rings. The third-order valence-corrected chi connectivity index (χ3v) is 2.38. The SMILES string of the molecule is CC(C)CCC(=O)Nc1cccc(C=CC(=O)O)n1. The topological polar surface area (TPSA) is 79.3 Å². The van der Waals surface area contributed by atoms with E-state index in [1.165, 1.54) is 6.08 Å². The summed E-state index contributed by atoms with van der Waals surface area (Å²) in [6, 6.07) is 5.06. The average Bonchev–Trinajstić information content (AvgIpc) is 2.34. The lowest BCUT2D eigenvalue weighted by Gasteiger charge is -2.06. The van der Waals surface area contributed by atoms with E-state index >= 15 is 0 Å². The highest BCUT2D eigenvalue weighted by atomic mass is 16.4. The van der Waals surface area contributed by atoms with Crippen LogP contribution in [0.15, 0.2) is 24.3 Å². The van der Waals surface area contributed by atoms with Crippen LogP contribution in [0.3, 0.4) is 0 Å². The number of carboxylic acid groups (broad SMARTS) is 1. The van der Waals surface area contributed by atoms with Crippen LogP contribution in [0.2, 0.25) is 0 Å². The smallest absolute Gasteiger partial charge is 0.328 e. The number of amides is 1. The van der Waals surface area contributed by atoms with E-state index in [0.717, 1.165) is 12.5 Å². The lowest BCUT2D eigenvalue weighted by molar-refractivity contribution is -0.131. The van der Waals surface area contributed by atoms with Gasteiger partial charge in [0.25, 0.3) is 0 Å². The molecule has 5 heteroatoms. The summed E-state index contributed by atoms with van der Waals surface area (Å²) in [5.41, 5.74) is 0.490. The first-order valence-corrected chi connectivity index (χ1v) is 6.15. The van der Waals surface area contributed by atoms with Crippen LogP contribution in [0.4, 0.5) is 5.82 Å². The number of carboxylic acids is 1. The molecule has 0 atom stereocenters. The maximum absolute atomic E-state index is 11.6. The molecule has 5 nitrogen and oxygen atoms in total. The van der Waals surface area contributed by atoms with Crippen molar-refractivity contribution < 1.29 is 14.7 Å². The minimum atomic E-state index is -1.03. The van der Waals surface area contributed by atoms with Crippen molar-refractivity contribution in [3.8, 4) is 0 Å². The average molecular weight is 262 g/mol. The summed E-state index contributed by atoms with van der Waals surface area (Å²) in [5.74, 6) is -0.210. The van der Waals surface area contributed by atoms with E-state index in [9.17, 15) is 9.59 Å². The van der Waals surface area contributed by atoms with Crippen LogP contribution in [0.5, 0.6) is 0 Å². The van der Waals surface area contributed by atoms with Gasteiger partial charge >= 0.3 is 5.97 Å². The number of anilines is 1. The molecule has 0 aliphatic carbocycles. The fourth-order valence-electron chi connectivity index (χ4n) is 1.40. The van der Waals surface area contributed by atoms with Gasteiger partial charge in [0.2, 0.25) is 5.91 Å². The summed E-state index contributed by atoms with van der Waals surface area (Å²) in [6.07, 6.45) is 3.66. The molecule has 0 saturated carbocycles. The molecule has 0 aromatic carbocycles. The molecule has 1 aromatic rings. The zero-order valence-corrected chi connectivity index (χ0v) is 11.1. The summed E-state index contributed by atoms with van der Waals surface area (Å²) in [7, 11) is 0. The van der Waals surface area contributed by atoms with Crippen molar-refractivity contribution in [1.29, 1.82) is 0 Å². The number of carbonyl (C=O) groups excluding carboxylic acids is 1. The monoisotopic (exact) mass is 262 g/mol. The van der Waals surface area contributed by atoms with Gasteiger partial charge in [-0.1, -0.05) is 19.9 Å². The number of hydrogen-bond donors (Lipinski definition) is 2. The standard InChI is InChI=1S/C14H18N2O3/c1-10(2)6-8-13(17)16-12-5-3-4-11(15-12)7-9-14(18)19/h3-5,7,9-10H,6,8H2,1-2H3,(H,18,19)(H,15,16,17). The molecule has 0 radical (unpaired) electrons. The number of carbonyl (C=O) groups is 2. The normalized spacial score (nSPS) is 10.9. The molecule has 2 N–H and O–H groups in total. The van der Waals surface area contributed by atoms with Crippen molar-refractivity contribution in [3.63, 3.8) is 0 Å². The Kier molecular flexibility index (Phi) is 5.73. The predicted octanol–water partition coefficient (Wildman–Crippen LogP) is 2.55. The molecule has 0 fully saturated rings. The van der Waals surface area contributed by atoms with E-state index in [0.29, 0.717) is 23.9 Å². The lowest BCUT2D eigenvalue weighted by Crippen LogP contribution is -2.13. The highest BCUT2D eigenvalue weighted by Crippen LogP contribution is 2.09. The first-order chi connectivity index (χ1) is 8.97. The van der Waals surface area contributed by atoms with Crippen molar-refractivity contribution in [3.05, 3.63) is 30.0 Å². The van der Waals surface area contributed by atoms with Gasteiger partial charge in [0, 0.05) is 12.5 Å². The third kappa shape index (κ3) is 6.35. The molecule has 1 heterocycles. The third-order valence-electron chi connectivity index (χ3n) is 2.38. The zero-order chi connectivity index (χ0) is 14.3. The summed E-state index contributed by atoms with van der Waals surface area (Å²) in [4.78, 5) is 26.2. The maximum Gasteiger partial charge on any atom is 0.328 e. The van der Waals surface area contributed by atoms with Crippen molar-refractivity contribution in [1.82, 2.24) is 4.98 Å². The molecule has 0 spiro atoms. The Hall–Kier alpha value is -2.17. The van der Waals surface area contributed by atoms with Crippen molar-refractivity contribution in [2.24, 2.45) is 5.92 Å². The van der Waals surface area contributed by atoms with E-state index in [4.69, 9.17) is 5.11 Å². The highest BCUT2D eigenvalue weighted by Gasteiger charge is 2.05. The Balaban J connectivity index is 2.61. The highest BCUT2D eigenvalue weighted by molar-refractivity contribution is 5.90. The first-order valence-electron chi connectivity index (χ1n) is 6.15. The Morgan fingerprint density at radius 1 is 1.42 bits per heavy atom. The fraction of sp³-hybridized carbons (Fsp3) is 0.357. The summed E-state index contributed by atoms with van der Waals surface area (Å²) >= 11 is 0. The molecule has 19 heavy (non-hydrogen) atoms. The van der Waals surface area contributed by atoms with E-state index in [1.807, 2.05) is 0 Å². The maximum atomic E-state index is 11.6. The lowest BCUT2D eigenvalue weighted by atomic mass is 10.1. The Bertz CT molecular complexity index is 481. The Labute approximate surface area is 112 Å². The van der Waals surface area contributed by atoms with Crippen molar-refractivity contribution >= 4 is 23.8 Å². The minimum Gasteiger partial charge on any atom is -0.478 e. The molecule has 1 aromatic heterocycles. The Morgan fingerprint density at radius 3 is 2.79 bits per heavy atom. The fourth-order valence-corrected chi connectivity index (χ4v) is 1.40. The van der Waals surface area contributed by atoms with Gasteiger partial charge < -0.3 is 10.4 Å². The predicted molar refractivity (Wildman–Crippen MR) is 73.6 cm³/mol. The Morgan fingerprint density at radius 2 is 2.16 bits per heavy atom. The largest absolute Gasteiger partial charge is 0.478 e. The van der Waals surface area contributed by atoms with Gasteiger partial charge in [-0.2, -0.15) is 0 Å². The molecule has 0 unspecified atom stereocenters. The van der Waals surface area contributed by atoms with E-state index < -0.39 is 5.97 Å². The molecule has 1 amide bonds. The summed E-state index contributed by atoms with van der Waals surface area (Å²) in [6.45, 7) is 4.12. The van der Waals surface area contributed by atoms with Gasteiger partial charge in [-0.25, -0.2) is 9.78 Å². The number of aromatic nitrogens is 1. The summed E-state index contributed by atoms with van der Waals surface area (Å²) in [5, 5.41) is 11.2. The second-order valence-electron chi connectivity index (χ2n) is 4.60. The second-order valence-corrected chi connectivity index (χ2v) is 4.60. The van der Waals surface area contributed by atoms with Crippen LogP contribution in [-0.4, -0.2) is 22.0 Å². The van der Waals surface area contributed by atoms with Crippen molar-refractivity contribution in [2.45, 2.75) is 26.7 Å². The quantitative estimate of drug-likeness (QED) is 0.772. The van der Waals surface area contributed by atoms with E-state index in [1.54, 1.807) is 18.2 Å². The molecule has 0 bridgehead atoms. The van der Waals surface area contributed by atoms with Crippen molar-refractivity contribution in [2.75, 3.05) is 5.32 Å². The van der Waals surface area contributed by atoms with Crippen LogP contribution >= 0.6 is 0 Å². The van der Waals surface area contributed by atoms with Crippen LogP contribution in [-0.2, 0) is 9.59 Å². The summed E-state index contributed by atoms with van der Waals surface area (Å²) < 4.78 is 0. The van der Waals surface area contributed by atoms with Gasteiger partial charge in [0.15, 0.2) is 0 Å². The number of aliphatic carboxylic acids is 1. The molecular weight excluding hydrogens is 244 g/mol. The second kappa shape index (κ2) is 7.31. The van der Waals surface area contributed by atoms with Gasteiger partial charge in [0.1, 0.15) is 5.82 Å².